The van der Waals surface area contributed by atoms with Crippen LogP contribution in [0.2, 0.25) is 10.0 Å². The van der Waals surface area contributed by atoms with E-state index in [2.05, 4.69) is 15.9 Å². The lowest BCUT2D eigenvalue weighted by Gasteiger charge is -2.19. The highest BCUT2D eigenvalue weighted by atomic mass is 79.9. The Labute approximate surface area is 141 Å². The summed E-state index contributed by atoms with van der Waals surface area (Å²) < 4.78 is 0.686. The van der Waals surface area contributed by atoms with Gasteiger partial charge in [0, 0.05) is 28.8 Å². The Balaban J connectivity index is 2.24. The van der Waals surface area contributed by atoms with Crippen molar-refractivity contribution in [3.8, 4) is 0 Å². The van der Waals surface area contributed by atoms with Gasteiger partial charge >= 0.3 is 0 Å². The number of carbonyl (C=O) groups is 1. The molecule has 110 valence electrons. The number of halogens is 3. The molecule has 2 aromatic carbocycles. The number of nitrogens with zero attached hydrogens (tertiary/aromatic N) is 1. The first-order chi connectivity index (χ1) is 9.90. The Bertz CT molecular complexity index is 691. The largest absolute Gasteiger partial charge is 0.399 e. The van der Waals surface area contributed by atoms with Crippen LogP contribution in [0.1, 0.15) is 15.9 Å². The molecule has 0 aromatic heterocycles. The molecule has 0 atom stereocenters. The van der Waals surface area contributed by atoms with Crippen LogP contribution in [0.5, 0.6) is 0 Å². The molecule has 0 saturated heterocycles. The fourth-order valence-electron chi connectivity index (χ4n) is 1.92. The molecular weight excluding hydrogens is 375 g/mol. The summed E-state index contributed by atoms with van der Waals surface area (Å²) in [6.45, 7) is 0.353. The van der Waals surface area contributed by atoms with Gasteiger partial charge in [0.1, 0.15) is 0 Å². The lowest BCUT2D eigenvalue weighted by molar-refractivity contribution is 0.0785. The van der Waals surface area contributed by atoms with Gasteiger partial charge in [-0.3, -0.25) is 4.79 Å². The quantitative estimate of drug-likeness (QED) is 0.781. The number of hydrogen-bond donors (Lipinski definition) is 1. The van der Waals surface area contributed by atoms with Crippen LogP contribution in [0.4, 0.5) is 5.69 Å². The van der Waals surface area contributed by atoms with Crippen LogP contribution in [-0.4, -0.2) is 17.9 Å². The van der Waals surface area contributed by atoms with Crippen molar-refractivity contribution < 1.29 is 4.79 Å². The summed E-state index contributed by atoms with van der Waals surface area (Å²) in [5.74, 6) is -0.181. The molecule has 0 bridgehead atoms. The van der Waals surface area contributed by atoms with Crippen LogP contribution in [0.15, 0.2) is 40.9 Å². The second kappa shape index (κ2) is 6.69. The number of benzene rings is 2. The van der Waals surface area contributed by atoms with Crippen molar-refractivity contribution in [2.75, 3.05) is 12.8 Å². The fraction of sp³-hybridized carbons (Fsp3) is 0.133. The average Bonchev–Trinajstić information content (AvgIpc) is 2.45. The summed E-state index contributed by atoms with van der Waals surface area (Å²) in [4.78, 5) is 14.0. The first kappa shape index (κ1) is 16.1. The Morgan fingerprint density at radius 2 is 2.00 bits per heavy atom. The minimum Gasteiger partial charge on any atom is -0.399 e. The third kappa shape index (κ3) is 3.70. The molecule has 0 unspecified atom stereocenters. The summed E-state index contributed by atoms with van der Waals surface area (Å²) in [5, 5.41) is 0.970. The minimum atomic E-state index is -0.181. The Hall–Kier alpha value is -1.23. The van der Waals surface area contributed by atoms with Crippen LogP contribution in [-0.2, 0) is 6.54 Å². The molecule has 0 fully saturated rings. The standard InChI is InChI=1S/C15H13BrCl2N2O/c1-20(8-9-7-10(19)5-6-13(9)17)15(21)11-3-2-4-12(16)14(11)18/h2-7H,8,19H2,1H3. The molecule has 2 aromatic rings. The third-order valence-corrected chi connectivity index (χ3v) is 4.67. The number of anilines is 1. The number of rotatable bonds is 3. The SMILES string of the molecule is CN(Cc1cc(N)ccc1Cl)C(=O)c1cccc(Br)c1Cl. The summed E-state index contributed by atoms with van der Waals surface area (Å²) in [5.41, 5.74) is 7.58. The molecule has 0 aliphatic rings. The second-order valence-electron chi connectivity index (χ2n) is 4.61. The summed E-state index contributed by atoms with van der Waals surface area (Å²) in [7, 11) is 1.69. The second-order valence-corrected chi connectivity index (χ2v) is 6.25. The topological polar surface area (TPSA) is 46.3 Å². The van der Waals surface area contributed by atoms with Crippen molar-refractivity contribution in [2.45, 2.75) is 6.54 Å². The third-order valence-electron chi connectivity index (χ3n) is 3.01. The van der Waals surface area contributed by atoms with Gasteiger partial charge in [-0.25, -0.2) is 0 Å². The maximum absolute atomic E-state index is 12.5. The van der Waals surface area contributed by atoms with E-state index in [0.29, 0.717) is 32.3 Å². The smallest absolute Gasteiger partial charge is 0.255 e. The summed E-state index contributed by atoms with van der Waals surface area (Å²) in [6, 6.07) is 10.4. The lowest BCUT2D eigenvalue weighted by Crippen LogP contribution is -2.26. The Morgan fingerprint density at radius 1 is 1.29 bits per heavy atom. The van der Waals surface area contributed by atoms with E-state index in [1.54, 1.807) is 48.3 Å². The van der Waals surface area contributed by atoms with Gasteiger partial charge in [-0.15, -0.1) is 0 Å². The maximum atomic E-state index is 12.5. The molecule has 1 amide bonds. The van der Waals surface area contributed by atoms with Crippen LogP contribution >= 0.6 is 39.1 Å². The zero-order chi connectivity index (χ0) is 15.6. The monoisotopic (exact) mass is 386 g/mol. The molecule has 0 heterocycles. The van der Waals surface area contributed by atoms with Crippen molar-refractivity contribution in [3.63, 3.8) is 0 Å². The van der Waals surface area contributed by atoms with Gasteiger partial charge in [-0.2, -0.15) is 0 Å². The number of nitrogens with two attached hydrogens (primary N) is 1. The van der Waals surface area contributed by atoms with Crippen molar-refractivity contribution in [2.24, 2.45) is 0 Å². The Kier molecular flexibility index (Phi) is 5.14. The first-order valence-corrected chi connectivity index (χ1v) is 7.68. The molecule has 6 heteroatoms. The van der Waals surface area contributed by atoms with E-state index in [1.807, 2.05) is 0 Å². The number of carbonyl (C=O) groups excluding carboxylic acids is 1. The maximum Gasteiger partial charge on any atom is 0.255 e. The zero-order valence-electron chi connectivity index (χ0n) is 11.2. The Morgan fingerprint density at radius 3 is 2.71 bits per heavy atom. The highest BCUT2D eigenvalue weighted by molar-refractivity contribution is 9.10. The van der Waals surface area contributed by atoms with Crippen molar-refractivity contribution in [1.29, 1.82) is 0 Å². The molecule has 2 rings (SSSR count). The van der Waals surface area contributed by atoms with E-state index in [9.17, 15) is 4.79 Å². The molecule has 21 heavy (non-hydrogen) atoms. The predicted molar refractivity (Wildman–Crippen MR) is 90.8 cm³/mol. The number of hydrogen-bond acceptors (Lipinski definition) is 2. The van der Waals surface area contributed by atoms with Crippen LogP contribution in [0.25, 0.3) is 0 Å². The lowest BCUT2D eigenvalue weighted by atomic mass is 10.1. The van der Waals surface area contributed by atoms with Crippen molar-refractivity contribution in [1.82, 2.24) is 4.90 Å². The molecule has 0 spiro atoms. The van der Waals surface area contributed by atoms with Crippen molar-refractivity contribution in [3.05, 3.63) is 62.0 Å². The first-order valence-electron chi connectivity index (χ1n) is 6.13. The normalized spacial score (nSPS) is 10.5. The molecule has 3 nitrogen and oxygen atoms in total. The van der Waals surface area contributed by atoms with Crippen LogP contribution in [0.3, 0.4) is 0 Å². The minimum absolute atomic E-state index is 0.181. The van der Waals surface area contributed by atoms with Gasteiger partial charge in [-0.1, -0.05) is 29.3 Å². The summed E-state index contributed by atoms with van der Waals surface area (Å²) in [6.07, 6.45) is 0. The fourth-order valence-corrected chi connectivity index (χ4v) is 2.67. The van der Waals surface area contributed by atoms with Crippen LogP contribution < -0.4 is 5.73 Å². The van der Waals surface area contributed by atoms with Gasteiger partial charge in [0.05, 0.1) is 10.6 Å². The molecule has 0 radical (unpaired) electrons. The number of amides is 1. The summed E-state index contributed by atoms with van der Waals surface area (Å²) >= 11 is 15.6. The van der Waals surface area contributed by atoms with E-state index in [1.165, 1.54) is 0 Å². The predicted octanol–water partition coefficient (Wildman–Crippen LogP) is 4.61. The van der Waals surface area contributed by atoms with Crippen molar-refractivity contribution >= 4 is 50.7 Å². The molecule has 2 N–H and O–H groups in total. The molecular formula is C15H13BrCl2N2O. The van der Waals surface area contributed by atoms with E-state index >= 15 is 0 Å². The van der Waals surface area contributed by atoms with Gasteiger partial charge in [0.25, 0.3) is 5.91 Å². The molecule has 0 aliphatic heterocycles. The molecule has 0 saturated carbocycles. The van der Waals surface area contributed by atoms with E-state index in [-0.39, 0.29) is 5.91 Å². The zero-order valence-corrected chi connectivity index (χ0v) is 14.3. The average molecular weight is 388 g/mol. The van der Waals surface area contributed by atoms with Gasteiger partial charge in [0.2, 0.25) is 0 Å². The van der Waals surface area contributed by atoms with Gasteiger partial charge in [-0.05, 0) is 51.8 Å². The highest BCUT2D eigenvalue weighted by Crippen LogP contribution is 2.27. The van der Waals surface area contributed by atoms with Gasteiger partial charge < -0.3 is 10.6 Å². The van der Waals surface area contributed by atoms with E-state index in [4.69, 9.17) is 28.9 Å². The van der Waals surface area contributed by atoms with Crippen LogP contribution in [0, 0.1) is 0 Å². The molecule has 0 aliphatic carbocycles. The highest BCUT2D eigenvalue weighted by Gasteiger charge is 2.17. The van der Waals surface area contributed by atoms with E-state index in [0.717, 1.165) is 5.56 Å². The van der Waals surface area contributed by atoms with Gasteiger partial charge in [0.15, 0.2) is 0 Å². The van der Waals surface area contributed by atoms with E-state index < -0.39 is 0 Å². The number of nitrogen functional groups attached to an aromatic ring is 1.